The van der Waals surface area contributed by atoms with Crippen LogP contribution in [-0.2, 0) is 20.2 Å². The van der Waals surface area contributed by atoms with Crippen LogP contribution >= 0.6 is 0 Å². The van der Waals surface area contributed by atoms with Crippen molar-refractivity contribution in [1.29, 1.82) is 0 Å². The summed E-state index contributed by atoms with van der Waals surface area (Å²) in [5, 5.41) is 3.10. The van der Waals surface area contributed by atoms with Crippen LogP contribution in [0.25, 0.3) is 6.08 Å². The van der Waals surface area contributed by atoms with Gasteiger partial charge in [-0.3, -0.25) is 9.10 Å². The molecule has 1 amide bonds. The SMILES string of the molecule is O=C(/C=C/c1ccc(N2CCCS2(=O)=O)cc1)NCC1(c2ccc3c(c2)OCCO3)CCCC1. The molecular weight excluding hydrogens is 452 g/mol. The Bertz CT molecular complexity index is 1180. The molecule has 0 unspecified atom stereocenters. The van der Waals surface area contributed by atoms with Crippen molar-refractivity contribution >= 4 is 27.7 Å². The van der Waals surface area contributed by atoms with Gasteiger partial charge in [0, 0.05) is 24.6 Å². The number of anilines is 1. The molecule has 1 saturated carbocycles. The van der Waals surface area contributed by atoms with Gasteiger partial charge in [-0.15, -0.1) is 0 Å². The van der Waals surface area contributed by atoms with Crippen molar-refractivity contribution in [2.75, 3.05) is 36.4 Å². The molecule has 34 heavy (non-hydrogen) atoms. The molecule has 3 aliphatic rings. The van der Waals surface area contributed by atoms with Crippen molar-refractivity contribution in [1.82, 2.24) is 5.32 Å². The molecule has 5 rings (SSSR count). The number of sulfonamides is 1. The smallest absolute Gasteiger partial charge is 0.244 e. The summed E-state index contributed by atoms with van der Waals surface area (Å²) in [6, 6.07) is 13.4. The molecule has 180 valence electrons. The molecule has 1 N–H and O–H groups in total. The molecule has 0 radical (unpaired) electrons. The molecule has 0 aromatic heterocycles. The molecule has 1 aliphatic carbocycles. The molecule has 2 aliphatic heterocycles. The quantitative estimate of drug-likeness (QED) is 0.636. The highest BCUT2D eigenvalue weighted by atomic mass is 32.2. The lowest BCUT2D eigenvalue weighted by atomic mass is 9.78. The van der Waals surface area contributed by atoms with Crippen LogP contribution in [0.4, 0.5) is 5.69 Å². The van der Waals surface area contributed by atoms with Crippen LogP contribution in [0.1, 0.15) is 43.2 Å². The highest BCUT2D eigenvalue weighted by molar-refractivity contribution is 7.93. The van der Waals surface area contributed by atoms with Crippen LogP contribution < -0.4 is 19.1 Å². The van der Waals surface area contributed by atoms with Gasteiger partial charge < -0.3 is 14.8 Å². The Hall–Kier alpha value is -3.00. The fraction of sp³-hybridized carbons (Fsp3) is 0.423. The van der Waals surface area contributed by atoms with Gasteiger partial charge in [-0.2, -0.15) is 0 Å². The van der Waals surface area contributed by atoms with Gasteiger partial charge in [-0.05, 0) is 60.7 Å². The Balaban J connectivity index is 1.22. The molecular formula is C26H30N2O5S. The number of fused-ring (bicyclic) bond motifs is 1. The van der Waals surface area contributed by atoms with E-state index < -0.39 is 10.0 Å². The zero-order valence-electron chi connectivity index (χ0n) is 19.2. The van der Waals surface area contributed by atoms with E-state index in [0.717, 1.165) is 42.7 Å². The van der Waals surface area contributed by atoms with E-state index in [1.54, 1.807) is 18.2 Å². The molecule has 2 aromatic rings. The molecule has 2 heterocycles. The summed E-state index contributed by atoms with van der Waals surface area (Å²) in [4.78, 5) is 12.6. The third-order valence-corrected chi connectivity index (χ3v) is 8.89. The molecule has 0 bridgehead atoms. The lowest BCUT2D eigenvalue weighted by Crippen LogP contribution is -2.38. The molecule has 1 saturated heterocycles. The van der Waals surface area contributed by atoms with Crippen LogP contribution in [0.2, 0.25) is 0 Å². The minimum Gasteiger partial charge on any atom is -0.486 e. The Labute approximate surface area is 200 Å². The number of rotatable bonds is 6. The lowest BCUT2D eigenvalue weighted by molar-refractivity contribution is -0.116. The molecule has 7 nitrogen and oxygen atoms in total. The number of nitrogens with zero attached hydrogens (tertiary/aromatic N) is 1. The zero-order valence-corrected chi connectivity index (χ0v) is 20.0. The van der Waals surface area contributed by atoms with E-state index in [9.17, 15) is 13.2 Å². The van der Waals surface area contributed by atoms with Crippen molar-refractivity contribution in [3.8, 4) is 11.5 Å². The fourth-order valence-electron chi connectivity index (χ4n) is 5.16. The van der Waals surface area contributed by atoms with E-state index in [2.05, 4.69) is 17.4 Å². The van der Waals surface area contributed by atoms with Crippen LogP contribution in [0.3, 0.4) is 0 Å². The summed E-state index contributed by atoms with van der Waals surface area (Å²) in [5.41, 5.74) is 2.60. The predicted molar refractivity (Wildman–Crippen MR) is 132 cm³/mol. The Morgan fingerprint density at radius 1 is 1.00 bits per heavy atom. The van der Waals surface area contributed by atoms with Crippen LogP contribution in [0.5, 0.6) is 11.5 Å². The number of carbonyl (C=O) groups excluding carboxylic acids is 1. The van der Waals surface area contributed by atoms with Gasteiger partial charge in [0.25, 0.3) is 0 Å². The first-order valence-electron chi connectivity index (χ1n) is 11.9. The maximum absolute atomic E-state index is 12.6. The zero-order chi connectivity index (χ0) is 23.6. The number of ether oxygens (including phenoxy) is 2. The Kier molecular flexibility index (Phi) is 6.25. The highest BCUT2D eigenvalue weighted by Gasteiger charge is 2.36. The Morgan fingerprint density at radius 3 is 2.44 bits per heavy atom. The first kappa shape index (κ1) is 22.8. The average Bonchev–Trinajstić information content (AvgIpc) is 3.48. The molecule has 0 spiro atoms. The van der Waals surface area contributed by atoms with Crippen molar-refractivity contribution in [2.24, 2.45) is 0 Å². The maximum atomic E-state index is 12.6. The van der Waals surface area contributed by atoms with Gasteiger partial charge in [0.05, 0.1) is 11.4 Å². The number of hydrogen-bond donors (Lipinski definition) is 1. The van der Waals surface area contributed by atoms with Crippen molar-refractivity contribution < 1.29 is 22.7 Å². The summed E-state index contributed by atoms with van der Waals surface area (Å²) < 4.78 is 37.1. The summed E-state index contributed by atoms with van der Waals surface area (Å²) in [7, 11) is -3.19. The minimum atomic E-state index is -3.19. The van der Waals surface area contributed by atoms with E-state index in [1.807, 2.05) is 18.2 Å². The van der Waals surface area contributed by atoms with E-state index >= 15 is 0 Å². The number of benzene rings is 2. The largest absolute Gasteiger partial charge is 0.486 e. The lowest BCUT2D eigenvalue weighted by Gasteiger charge is -2.31. The van der Waals surface area contributed by atoms with Crippen LogP contribution in [0, 0.1) is 0 Å². The van der Waals surface area contributed by atoms with E-state index in [1.165, 1.54) is 15.9 Å². The summed E-state index contributed by atoms with van der Waals surface area (Å²) in [5.74, 6) is 1.62. The van der Waals surface area contributed by atoms with Gasteiger partial charge in [0.2, 0.25) is 15.9 Å². The van der Waals surface area contributed by atoms with Crippen molar-refractivity contribution in [3.05, 3.63) is 59.7 Å². The van der Waals surface area contributed by atoms with Gasteiger partial charge in [-0.1, -0.05) is 31.0 Å². The van der Waals surface area contributed by atoms with Crippen molar-refractivity contribution in [3.63, 3.8) is 0 Å². The monoisotopic (exact) mass is 482 g/mol. The number of hydrogen-bond acceptors (Lipinski definition) is 5. The third kappa shape index (κ3) is 4.64. The average molecular weight is 483 g/mol. The van der Waals surface area contributed by atoms with Gasteiger partial charge in [-0.25, -0.2) is 8.42 Å². The van der Waals surface area contributed by atoms with Crippen LogP contribution in [0.15, 0.2) is 48.5 Å². The van der Waals surface area contributed by atoms with Gasteiger partial charge in [0.1, 0.15) is 13.2 Å². The Morgan fingerprint density at radius 2 is 1.74 bits per heavy atom. The van der Waals surface area contributed by atoms with E-state index in [4.69, 9.17) is 9.47 Å². The number of carbonyl (C=O) groups is 1. The second-order valence-electron chi connectivity index (χ2n) is 9.23. The van der Waals surface area contributed by atoms with E-state index in [0.29, 0.717) is 38.4 Å². The fourth-order valence-corrected chi connectivity index (χ4v) is 6.73. The first-order valence-corrected chi connectivity index (χ1v) is 13.5. The highest BCUT2D eigenvalue weighted by Crippen LogP contribution is 2.43. The summed E-state index contributed by atoms with van der Waals surface area (Å²) in [6.07, 6.45) is 8.27. The second-order valence-corrected chi connectivity index (χ2v) is 11.2. The summed E-state index contributed by atoms with van der Waals surface area (Å²) in [6.45, 7) is 2.21. The molecule has 0 atom stereocenters. The first-order chi connectivity index (χ1) is 16.5. The predicted octanol–water partition coefficient (Wildman–Crippen LogP) is 3.64. The second kappa shape index (κ2) is 9.33. The van der Waals surface area contributed by atoms with E-state index in [-0.39, 0.29) is 17.1 Å². The standard InChI is InChI=1S/C26H30N2O5S/c29-25(11-6-20-4-8-22(9-5-20)28-14-3-17-34(28,30)31)27-19-26(12-1-2-13-26)21-7-10-23-24(18-21)33-16-15-32-23/h4-11,18H,1-3,12-17,19H2,(H,27,29)/b11-6+. The topological polar surface area (TPSA) is 84.9 Å². The normalized spacial score (nSPS) is 20.5. The van der Waals surface area contributed by atoms with Gasteiger partial charge in [0.15, 0.2) is 11.5 Å². The van der Waals surface area contributed by atoms with Crippen molar-refractivity contribution in [2.45, 2.75) is 37.5 Å². The number of nitrogens with one attached hydrogen (secondary N) is 1. The van der Waals surface area contributed by atoms with Crippen LogP contribution in [-0.4, -0.2) is 46.4 Å². The molecule has 8 heteroatoms. The minimum absolute atomic E-state index is 0.0950. The third-order valence-electron chi connectivity index (χ3n) is 7.02. The number of amides is 1. The van der Waals surface area contributed by atoms with Gasteiger partial charge >= 0.3 is 0 Å². The molecule has 2 fully saturated rings. The maximum Gasteiger partial charge on any atom is 0.244 e. The summed E-state index contributed by atoms with van der Waals surface area (Å²) >= 11 is 0. The molecule has 2 aromatic carbocycles.